The lowest BCUT2D eigenvalue weighted by molar-refractivity contribution is 0.669. The standard InChI is InChI=1S/C52H28O2/c1-2-10-32-28-46-42(25-31(32)9-1)41-26-33(21-23-44(41)53-46)47-35-13-3-5-15-37(35)48(38-16-6-4-14-36(38)47)34-22-24-45-43(27-34)51-39-17-7-11-29-19-20-30-12-8-18-40(52(51)54-45)50(30)49(29)39/h1-28H. The van der Waals surface area contributed by atoms with Crippen LogP contribution in [0.3, 0.4) is 0 Å². The first-order valence-electron chi connectivity index (χ1n) is 18.6. The van der Waals surface area contributed by atoms with E-state index in [0.717, 1.165) is 38.5 Å². The Morgan fingerprint density at radius 2 is 0.741 bits per heavy atom. The molecule has 11 aromatic carbocycles. The SMILES string of the molecule is c1ccc2cc3c(cc2c1)oc1ccc(-c2c4ccccc4c(-c4ccc5oc6c7cccc8ccc9cccc(c6c5c4)c9c87)c4ccccc24)cc13. The van der Waals surface area contributed by atoms with Crippen LogP contribution in [-0.4, -0.2) is 0 Å². The Bertz CT molecular complexity index is 3670. The molecule has 0 fully saturated rings. The zero-order valence-electron chi connectivity index (χ0n) is 29.0. The second-order valence-corrected chi connectivity index (χ2v) is 14.7. The number of fused-ring (bicyclic) bond motifs is 11. The predicted molar refractivity (Wildman–Crippen MR) is 228 cm³/mol. The van der Waals surface area contributed by atoms with E-state index in [1.807, 2.05) is 0 Å². The number of hydrogen-bond acceptors (Lipinski definition) is 2. The van der Waals surface area contributed by atoms with Crippen LogP contribution in [-0.2, 0) is 0 Å². The summed E-state index contributed by atoms with van der Waals surface area (Å²) in [6, 6.07) is 61.9. The Hall–Kier alpha value is -7.16. The van der Waals surface area contributed by atoms with E-state index in [2.05, 4.69) is 170 Å². The van der Waals surface area contributed by atoms with Crippen molar-refractivity contribution in [3.8, 4) is 22.3 Å². The fraction of sp³-hybridized carbons (Fsp3) is 0. The van der Waals surface area contributed by atoms with E-state index in [1.165, 1.54) is 92.3 Å². The van der Waals surface area contributed by atoms with Gasteiger partial charge in [-0.1, -0.05) is 133 Å². The third-order valence-corrected chi connectivity index (χ3v) is 11.9. The van der Waals surface area contributed by atoms with Gasteiger partial charge in [-0.3, -0.25) is 0 Å². The van der Waals surface area contributed by atoms with E-state index in [9.17, 15) is 0 Å². The van der Waals surface area contributed by atoms with Gasteiger partial charge in [-0.2, -0.15) is 0 Å². The van der Waals surface area contributed by atoms with E-state index in [4.69, 9.17) is 8.83 Å². The molecule has 0 radical (unpaired) electrons. The van der Waals surface area contributed by atoms with Gasteiger partial charge in [-0.15, -0.1) is 0 Å². The molecule has 0 bridgehead atoms. The first-order valence-corrected chi connectivity index (χ1v) is 18.6. The van der Waals surface area contributed by atoms with Gasteiger partial charge in [0.2, 0.25) is 0 Å². The summed E-state index contributed by atoms with van der Waals surface area (Å²) in [5.41, 5.74) is 8.51. The summed E-state index contributed by atoms with van der Waals surface area (Å²) in [4.78, 5) is 0. The van der Waals surface area contributed by atoms with Gasteiger partial charge in [-0.25, -0.2) is 0 Å². The van der Waals surface area contributed by atoms with Crippen LogP contribution in [0.4, 0.5) is 0 Å². The molecule has 0 saturated carbocycles. The van der Waals surface area contributed by atoms with Gasteiger partial charge >= 0.3 is 0 Å². The molecule has 2 nitrogen and oxygen atoms in total. The van der Waals surface area contributed by atoms with E-state index in [1.54, 1.807) is 0 Å². The summed E-state index contributed by atoms with van der Waals surface area (Å²) in [5.74, 6) is 0. The van der Waals surface area contributed by atoms with Crippen LogP contribution in [0.5, 0.6) is 0 Å². The number of furan rings is 2. The van der Waals surface area contributed by atoms with Crippen LogP contribution in [0.15, 0.2) is 179 Å². The summed E-state index contributed by atoms with van der Waals surface area (Å²) in [6.45, 7) is 0. The van der Waals surface area contributed by atoms with E-state index in [0.29, 0.717) is 0 Å². The fourth-order valence-corrected chi connectivity index (χ4v) is 9.63. The van der Waals surface area contributed by atoms with Crippen molar-refractivity contribution in [2.75, 3.05) is 0 Å². The highest BCUT2D eigenvalue weighted by molar-refractivity contribution is 6.37. The van der Waals surface area contributed by atoms with Crippen LogP contribution >= 0.6 is 0 Å². The van der Waals surface area contributed by atoms with Crippen LogP contribution in [0.25, 0.3) is 131 Å². The van der Waals surface area contributed by atoms with Crippen molar-refractivity contribution in [3.63, 3.8) is 0 Å². The minimum absolute atomic E-state index is 0.903. The van der Waals surface area contributed by atoms with Crippen molar-refractivity contribution in [1.29, 1.82) is 0 Å². The molecule has 0 aliphatic rings. The van der Waals surface area contributed by atoms with Crippen molar-refractivity contribution in [1.82, 2.24) is 0 Å². The van der Waals surface area contributed by atoms with Gasteiger partial charge in [0, 0.05) is 32.3 Å². The van der Waals surface area contributed by atoms with Gasteiger partial charge in [0.05, 0.1) is 0 Å². The summed E-state index contributed by atoms with van der Waals surface area (Å²) >= 11 is 0. The first kappa shape index (κ1) is 28.4. The molecule has 0 amide bonds. The Labute approximate surface area is 308 Å². The molecule has 13 aromatic rings. The summed E-state index contributed by atoms with van der Waals surface area (Å²) < 4.78 is 13.2. The molecule has 0 aliphatic carbocycles. The minimum atomic E-state index is 0.903. The Morgan fingerprint density at radius 3 is 1.39 bits per heavy atom. The van der Waals surface area contributed by atoms with Crippen molar-refractivity contribution < 1.29 is 8.83 Å². The molecule has 0 atom stereocenters. The third-order valence-electron chi connectivity index (χ3n) is 11.9. The van der Waals surface area contributed by atoms with Gasteiger partial charge in [0.1, 0.15) is 22.3 Å². The largest absolute Gasteiger partial charge is 0.456 e. The fourth-order valence-electron chi connectivity index (χ4n) is 9.63. The molecule has 0 aliphatic heterocycles. The summed E-state index contributed by atoms with van der Waals surface area (Å²) in [7, 11) is 0. The minimum Gasteiger partial charge on any atom is -0.456 e. The highest BCUT2D eigenvalue weighted by atomic mass is 16.3. The maximum Gasteiger partial charge on any atom is 0.143 e. The predicted octanol–water partition coefficient (Wildman–Crippen LogP) is 15.2. The number of hydrogen-bond donors (Lipinski definition) is 0. The molecule has 248 valence electrons. The highest BCUT2D eigenvalue weighted by Crippen LogP contribution is 2.48. The first-order chi connectivity index (χ1) is 26.8. The lowest BCUT2D eigenvalue weighted by Crippen LogP contribution is -1.91. The van der Waals surface area contributed by atoms with Crippen molar-refractivity contribution in [2.45, 2.75) is 0 Å². The average molecular weight is 685 g/mol. The quantitative estimate of drug-likeness (QED) is 0.134. The maximum atomic E-state index is 6.79. The summed E-state index contributed by atoms with van der Waals surface area (Å²) in [6.07, 6.45) is 0. The molecule has 0 saturated heterocycles. The molecule has 54 heavy (non-hydrogen) atoms. The summed E-state index contributed by atoms with van der Waals surface area (Å²) in [5, 5.41) is 19.4. The normalized spacial score (nSPS) is 12.4. The number of rotatable bonds is 2. The van der Waals surface area contributed by atoms with E-state index in [-0.39, 0.29) is 0 Å². The van der Waals surface area contributed by atoms with Crippen LogP contribution in [0.1, 0.15) is 0 Å². The van der Waals surface area contributed by atoms with Crippen LogP contribution in [0, 0.1) is 0 Å². The molecule has 13 rings (SSSR count). The maximum absolute atomic E-state index is 6.79. The van der Waals surface area contributed by atoms with E-state index >= 15 is 0 Å². The van der Waals surface area contributed by atoms with Crippen LogP contribution in [0.2, 0.25) is 0 Å². The monoisotopic (exact) mass is 684 g/mol. The highest BCUT2D eigenvalue weighted by Gasteiger charge is 2.22. The topological polar surface area (TPSA) is 26.3 Å². The van der Waals surface area contributed by atoms with Gasteiger partial charge in [-0.05, 0) is 113 Å². The molecule has 2 heterocycles. The van der Waals surface area contributed by atoms with E-state index < -0.39 is 0 Å². The molecule has 2 heteroatoms. The molecule has 0 N–H and O–H groups in total. The molecular formula is C52H28O2. The lowest BCUT2D eigenvalue weighted by Gasteiger charge is -2.18. The van der Waals surface area contributed by atoms with Crippen molar-refractivity contribution in [2.24, 2.45) is 0 Å². The molecule has 2 aromatic heterocycles. The van der Waals surface area contributed by atoms with Crippen molar-refractivity contribution in [3.05, 3.63) is 170 Å². The molecule has 0 spiro atoms. The Kier molecular flexibility index (Phi) is 5.39. The Balaban J connectivity index is 1.10. The van der Waals surface area contributed by atoms with Gasteiger partial charge < -0.3 is 8.83 Å². The number of benzene rings is 11. The van der Waals surface area contributed by atoms with Gasteiger partial charge in [0.25, 0.3) is 0 Å². The van der Waals surface area contributed by atoms with Gasteiger partial charge in [0.15, 0.2) is 0 Å². The Morgan fingerprint density at radius 1 is 0.259 bits per heavy atom. The second kappa shape index (κ2) is 10.2. The molecule has 0 unspecified atom stereocenters. The lowest BCUT2D eigenvalue weighted by atomic mass is 9.85. The van der Waals surface area contributed by atoms with Crippen molar-refractivity contribution >= 4 is 109 Å². The third kappa shape index (κ3) is 3.69. The second-order valence-electron chi connectivity index (χ2n) is 14.7. The van der Waals surface area contributed by atoms with Crippen LogP contribution < -0.4 is 0 Å². The smallest absolute Gasteiger partial charge is 0.143 e. The zero-order chi connectivity index (χ0) is 35.1. The zero-order valence-corrected chi connectivity index (χ0v) is 29.0. The molecular weight excluding hydrogens is 657 g/mol. The average Bonchev–Trinajstić information content (AvgIpc) is 3.79.